The maximum Gasteiger partial charge on any atom is 0.234 e. The van der Waals surface area contributed by atoms with E-state index in [1.54, 1.807) is 10.9 Å². The molecule has 0 bridgehead atoms. The first kappa shape index (κ1) is 17.9. The maximum absolute atomic E-state index is 12.3. The molecule has 0 fully saturated rings. The van der Waals surface area contributed by atoms with Crippen LogP contribution in [-0.2, 0) is 4.79 Å². The van der Waals surface area contributed by atoms with Gasteiger partial charge < -0.3 is 5.32 Å². The van der Waals surface area contributed by atoms with Crippen LogP contribution in [-0.4, -0.2) is 41.4 Å². The van der Waals surface area contributed by atoms with Gasteiger partial charge in [0, 0.05) is 18.1 Å². The zero-order valence-electron chi connectivity index (χ0n) is 15.1. The molecule has 0 saturated carbocycles. The molecule has 2 aromatic carbocycles. The standard InChI is InChI=1S/C19H17N7OS/c1-14-4-2-3-5-17(14)25-11-10-20-19(25)28-12-18(27)22-15-6-8-16(9-7-15)26-13-21-23-24-26/h2-11,13H,12H2,1H3,(H,22,27). The Bertz CT molecular complexity index is 1070. The molecule has 0 aliphatic rings. The molecule has 8 nitrogen and oxygen atoms in total. The van der Waals surface area contributed by atoms with E-state index in [-0.39, 0.29) is 11.7 Å². The summed E-state index contributed by atoms with van der Waals surface area (Å²) >= 11 is 1.39. The van der Waals surface area contributed by atoms with Crippen molar-refractivity contribution in [2.45, 2.75) is 12.1 Å². The van der Waals surface area contributed by atoms with Gasteiger partial charge in [0.15, 0.2) is 5.16 Å². The molecule has 1 amide bonds. The van der Waals surface area contributed by atoms with Gasteiger partial charge in [-0.05, 0) is 53.2 Å². The number of amides is 1. The van der Waals surface area contributed by atoms with Crippen molar-refractivity contribution in [1.29, 1.82) is 0 Å². The molecule has 2 heterocycles. The zero-order valence-corrected chi connectivity index (χ0v) is 15.9. The predicted molar refractivity (Wildman–Crippen MR) is 107 cm³/mol. The number of aryl methyl sites for hydroxylation is 1. The molecule has 0 aliphatic heterocycles. The number of anilines is 1. The average molecular weight is 391 g/mol. The number of hydrogen-bond acceptors (Lipinski definition) is 6. The van der Waals surface area contributed by atoms with Crippen LogP contribution < -0.4 is 5.32 Å². The van der Waals surface area contributed by atoms with Crippen molar-refractivity contribution < 1.29 is 4.79 Å². The minimum Gasteiger partial charge on any atom is -0.325 e. The first-order valence-corrected chi connectivity index (χ1v) is 9.55. The molecule has 0 aliphatic carbocycles. The molecule has 28 heavy (non-hydrogen) atoms. The monoisotopic (exact) mass is 391 g/mol. The van der Waals surface area contributed by atoms with Crippen molar-refractivity contribution in [3.63, 3.8) is 0 Å². The lowest BCUT2D eigenvalue weighted by Crippen LogP contribution is -2.14. The second kappa shape index (κ2) is 8.05. The first-order chi connectivity index (χ1) is 13.7. The number of thioether (sulfide) groups is 1. The van der Waals surface area contributed by atoms with Gasteiger partial charge in [-0.1, -0.05) is 30.0 Å². The third-order valence-corrected chi connectivity index (χ3v) is 5.05. The van der Waals surface area contributed by atoms with Crippen molar-refractivity contribution in [3.8, 4) is 11.4 Å². The molecule has 0 saturated heterocycles. The fraction of sp³-hybridized carbons (Fsp3) is 0.105. The van der Waals surface area contributed by atoms with E-state index in [1.807, 2.05) is 53.2 Å². The molecule has 1 N–H and O–H groups in total. The fourth-order valence-corrected chi connectivity index (χ4v) is 3.48. The molecular formula is C19H17N7OS. The van der Waals surface area contributed by atoms with Gasteiger partial charge in [0.2, 0.25) is 5.91 Å². The number of nitrogens with one attached hydrogen (secondary N) is 1. The quantitative estimate of drug-likeness (QED) is 0.508. The van der Waals surface area contributed by atoms with Crippen molar-refractivity contribution >= 4 is 23.4 Å². The van der Waals surface area contributed by atoms with E-state index < -0.39 is 0 Å². The summed E-state index contributed by atoms with van der Waals surface area (Å²) in [6.45, 7) is 2.05. The van der Waals surface area contributed by atoms with Crippen LogP contribution in [0.25, 0.3) is 11.4 Å². The summed E-state index contributed by atoms with van der Waals surface area (Å²) in [5.41, 5.74) is 3.73. The van der Waals surface area contributed by atoms with Crippen LogP contribution in [0, 0.1) is 6.92 Å². The number of hydrogen-bond donors (Lipinski definition) is 1. The lowest BCUT2D eigenvalue weighted by molar-refractivity contribution is -0.113. The van der Waals surface area contributed by atoms with E-state index in [1.165, 1.54) is 18.1 Å². The van der Waals surface area contributed by atoms with Crippen LogP contribution in [0.5, 0.6) is 0 Å². The molecule has 4 aromatic rings. The number of benzene rings is 2. The number of aromatic nitrogens is 6. The Kier molecular flexibility index (Phi) is 5.16. The van der Waals surface area contributed by atoms with Crippen LogP contribution in [0.2, 0.25) is 0 Å². The summed E-state index contributed by atoms with van der Waals surface area (Å²) in [4.78, 5) is 16.7. The van der Waals surface area contributed by atoms with Crippen molar-refractivity contribution in [1.82, 2.24) is 29.8 Å². The third kappa shape index (κ3) is 3.94. The Morgan fingerprint density at radius 2 is 1.96 bits per heavy atom. The molecule has 9 heteroatoms. The minimum atomic E-state index is -0.0977. The molecule has 140 valence electrons. The van der Waals surface area contributed by atoms with Crippen molar-refractivity contribution in [3.05, 3.63) is 72.8 Å². The zero-order chi connectivity index (χ0) is 19.3. The summed E-state index contributed by atoms with van der Waals surface area (Å²) in [5.74, 6) is 0.164. The number of rotatable bonds is 6. The second-order valence-electron chi connectivity index (χ2n) is 6.00. The molecule has 0 radical (unpaired) electrons. The van der Waals surface area contributed by atoms with Crippen LogP contribution in [0.15, 0.2) is 72.4 Å². The van der Waals surface area contributed by atoms with Gasteiger partial charge in [-0.25, -0.2) is 9.67 Å². The normalized spacial score (nSPS) is 10.8. The number of carbonyl (C=O) groups is 1. The Balaban J connectivity index is 1.38. The van der Waals surface area contributed by atoms with Gasteiger partial charge in [-0.2, -0.15) is 0 Å². The highest BCUT2D eigenvalue weighted by Crippen LogP contribution is 2.23. The average Bonchev–Trinajstić information content (AvgIpc) is 3.39. The first-order valence-electron chi connectivity index (χ1n) is 8.56. The Hall–Kier alpha value is -3.46. The lowest BCUT2D eigenvalue weighted by Gasteiger charge is -2.10. The van der Waals surface area contributed by atoms with Gasteiger partial charge >= 0.3 is 0 Å². The van der Waals surface area contributed by atoms with Crippen molar-refractivity contribution in [2.75, 3.05) is 11.1 Å². The van der Waals surface area contributed by atoms with Gasteiger partial charge in [-0.3, -0.25) is 9.36 Å². The topological polar surface area (TPSA) is 90.5 Å². The van der Waals surface area contributed by atoms with Gasteiger partial charge in [0.25, 0.3) is 0 Å². The van der Waals surface area contributed by atoms with Gasteiger partial charge in [0.05, 0.1) is 17.1 Å². The number of para-hydroxylation sites is 1. The number of tetrazole rings is 1. The highest BCUT2D eigenvalue weighted by Gasteiger charge is 2.11. The number of imidazole rings is 1. The van der Waals surface area contributed by atoms with Crippen LogP contribution in [0.1, 0.15) is 5.56 Å². The van der Waals surface area contributed by atoms with Gasteiger partial charge in [-0.15, -0.1) is 5.10 Å². The summed E-state index contributed by atoms with van der Waals surface area (Å²) in [6, 6.07) is 15.4. The Morgan fingerprint density at radius 3 is 2.71 bits per heavy atom. The summed E-state index contributed by atoms with van der Waals surface area (Å²) in [7, 11) is 0. The summed E-state index contributed by atoms with van der Waals surface area (Å²) in [6.07, 6.45) is 5.16. The summed E-state index contributed by atoms with van der Waals surface area (Å²) in [5, 5.41) is 14.7. The van der Waals surface area contributed by atoms with Crippen molar-refractivity contribution in [2.24, 2.45) is 0 Å². The van der Waals surface area contributed by atoms with E-state index >= 15 is 0 Å². The molecule has 0 spiro atoms. The fourth-order valence-electron chi connectivity index (χ4n) is 2.72. The lowest BCUT2D eigenvalue weighted by atomic mass is 10.2. The van der Waals surface area contributed by atoms with E-state index in [9.17, 15) is 4.79 Å². The highest BCUT2D eigenvalue weighted by atomic mass is 32.2. The third-order valence-electron chi connectivity index (χ3n) is 4.08. The molecule has 0 unspecified atom stereocenters. The maximum atomic E-state index is 12.3. The molecule has 2 aromatic heterocycles. The van der Waals surface area contributed by atoms with E-state index in [2.05, 4.69) is 38.8 Å². The summed E-state index contributed by atoms with van der Waals surface area (Å²) < 4.78 is 3.54. The van der Waals surface area contributed by atoms with E-state index in [4.69, 9.17) is 0 Å². The molecule has 0 atom stereocenters. The van der Waals surface area contributed by atoms with Gasteiger partial charge in [0.1, 0.15) is 6.33 Å². The largest absolute Gasteiger partial charge is 0.325 e. The Morgan fingerprint density at radius 1 is 1.14 bits per heavy atom. The minimum absolute atomic E-state index is 0.0977. The smallest absolute Gasteiger partial charge is 0.234 e. The molecule has 4 rings (SSSR count). The van der Waals surface area contributed by atoms with Crippen LogP contribution in [0.3, 0.4) is 0 Å². The number of carbonyl (C=O) groups excluding carboxylic acids is 1. The predicted octanol–water partition coefficient (Wildman–Crippen LogP) is 2.89. The Labute approximate surface area is 165 Å². The van der Waals surface area contributed by atoms with Crippen LogP contribution in [0.4, 0.5) is 5.69 Å². The molecular weight excluding hydrogens is 374 g/mol. The SMILES string of the molecule is Cc1ccccc1-n1ccnc1SCC(=O)Nc1ccc(-n2cnnn2)cc1. The second-order valence-corrected chi connectivity index (χ2v) is 6.95. The van der Waals surface area contributed by atoms with E-state index in [0.717, 1.165) is 22.1 Å². The number of nitrogens with zero attached hydrogens (tertiary/aromatic N) is 6. The highest BCUT2D eigenvalue weighted by molar-refractivity contribution is 7.99. The van der Waals surface area contributed by atoms with E-state index in [0.29, 0.717) is 5.69 Å². The van der Waals surface area contributed by atoms with Crippen LogP contribution >= 0.6 is 11.8 Å².